The molecule has 35 heavy (non-hydrogen) atoms. The largest absolute Gasteiger partial charge is 0.494 e. The van der Waals surface area contributed by atoms with Crippen LogP contribution in [0.25, 0.3) is 5.65 Å². The average molecular weight is 521 g/mol. The van der Waals surface area contributed by atoms with Gasteiger partial charge in [-0.05, 0) is 49.3 Å². The number of aliphatic hydroxyl groups excluding tert-OH is 1. The highest BCUT2D eigenvalue weighted by atomic mass is 35.5. The molecule has 9 nitrogen and oxygen atoms in total. The quantitative estimate of drug-likeness (QED) is 0.282. The summed E-state index contributed by atoms with van der Waals surface area (Å²) in [6, 6.07) is 8.31. The molecule has 1 atom stereocenters. The number of aromatic nitrogens is 3. The third-order valence-electron chi connectivity index (χ3n) is 6.25. The van der Waals surface area contributed by atoms with Crippen LogP contribution < -0.4 is 9.64 Å². The molecule has 1 unspecified atom stereocenters. The number of benzene rings is 1. The van der Waals surface area contributed by atoms with Gasteiger partial charge >= 0.3 is 6.09 Å². The van der Waals surface area contributed by atoms with Crippen molar-refractivity contribution in [2.24, 2.45) is 0 Å². The Morgan fingerprint density at radius 1 is 1.23 bits per heavy atom. The third-order valence-corrected chi connectivity index (χ3v) is 11.1. The van der Waals surface area contributed by atoms with Gasteiger partial charge in [0.15, 0.2) is 19.8 Å². The standard InChI is InChI=1S/C24H33ClN4O5Si/c1-7-33-18-10-8-16(9-11-18)28(23(31)32)22-19(21(25)27-20-12-13-26-29(20)22)14-17(30)15-34-35(5,6)24(2,3)4/h8-13,17,30H,7,14-15H2,1-6H3,(H,31,32). The lowest BCUT2D eigenvalue weighted by molar-refractivity contribution is 0.100. The molecule has 0 spiro atoms. The zero-order valence-corrected chi connectivity index (χ0v) is 22.7. The van der Waals surface area contributed by atoms with Crippen molar-refractivity contribution in [1.82, 2.24) is 14.6 Å². The van der Waals surface area contributed by atoms with Gasteiger partial charge in [-0.2, -0.15) is 9.61 Å². The van der Waals surface area contributed by atoms with Crippen LogP contribution in [0, 0.1) is 0 Å². The number of carboxylic acid groups (broad SMARTS) is 1. The summed E-state index contributed by atoms with van der Waals surface area (Å²) in [4.78, 5) is 17.9. The van der Waals surface area contributed by atoms with Crippen molar-refractivity contribution in [2.45, 2.75) is 58.4 Å². The predicted octanol–water partition coefficient (Wildman–Crippen LogP) is 5.52. The minimum atomic E-state index is -2.09. The fourth-order valence-corrected chi connectivity index (χ4v) is 4.62. The molecule has 11 heteroatoms. The number of fused-ring (bicyclic) bond motifs is 1. The molecule has 0 saturated heterocycles. The van der Waals surface area contributed by atoms with Gasteiger partial charge < -0.3 is 19.4 Å². The SMILES string of the molecule is CCOc1ccc(N(C(=O)O)c2c(CC(O)CO[Si](C)(C)C(C)(C)C)c(Cl)nc3ccnn23)cc1. The Balaban J connectivity index is 2.02. The number of halogens is 1. The second-order valence-corrected chi connectivity index (χ2v) is 14.9. The highest BCUT2D eigenvalue weighted by Crippen LogP contribution is 2.37. The number of aliphatic hydroxyl groups is 1. The van der Waals surface area contributed by atoms with Crippen molar-refractivity contribution in [1.29, 1.82) is 0 Å². The fourth-order valence-electron chi connectivity index (χ4n) is 3.33. The zero-order chi connectivity index (χ0) is 26.0. The van der Waals surface area contributed by atoms with Crippen molar-refractivity contribution in [3.8, 4) is 5.75 Å². The van der Waals surface area contributed by atoms with E-state index in [4.69, 9.17) is 20.8 Å². The lowest BCUT2D eigenvalue weighted by Crippen LogP contribution is -2.43. The van der Waals surface area contributed by atoms with Crippen LogP contribution in [0.4, 0.5) is 16.3 Å². The Kier molecular flexibility index (Phi) is 8.10. The molecule has 190 valence electrons. The second kappa shape index (κ2) is 10.5. The van der Waals surface area contributed by atoms with E-state index in [0.29, 0.717) is 29.3 Å². The summed E-state index contributed by atoms with van der Waals surface area (Å²) in [5.74, 6) is 0.810. The molecule has 0 radical (unpaired) electrons. The summed E-state index contributed by atoms with van der Waals surface area (Å²) in [6.45, 7) is 13.0. The highest BCUT2D eigenvalue weighted by molar-refractivity contribution is 6.74. The van der Waals surface area contributed by atoms with Crippen molar-refractivity contribution in [3.63, 3.8) is 0 Å². The average Bonchev–Trinajstić information content (AvgIpc) is 3.23. The first-order chi connectivity index (χ1) is 16.4. The molecule has 1 amide bonds. The van der Waals surface area contributed by atoms with Gasteiger partial charge in [-0.15, -0.1) is 0 Å². The monoisotopic (exact) mass is 520 g/mol. The van der Waals surface area contributed by atoms with E-state index in [-0.39, 0.29) is 29.0 Å². The first kappa shape index (κ1) is 26.9. The topological polar surface area (TPSA) is 109 Å². The number of amides is 1. The first-order valence-corrected chi connectivity index (χ1v) is 14.7. The van der Waals surface area contributed by atoms with Gasteiger partial charge in [-0.3, -0.25) is 0 Å². The van der Waals surface area contributed by atoms with E-state index in [1.54, 1.807) is 30.3 Å². The Morgan fingerprint density at radius 2 is 1.89 bits per heavy atom. The van der Waals surface area contributed by atoms with Crippen molar-refractivity contribution in [2.75, 3.05) is 18.1 Å². The van der Waals surface area contributed by atoms with Gasteiger partial charge in [0.2, 0.25) is 0 Å². The lowest BCUT2D eigenvalue weighted by atomic mass is 10.1. The van der Waals surface area contributed by atoms with Crippen LogP contribution in [0.3, 0.4) is 0 Å². The Bertz CT molecular complexity index is 1180. The summed E-state index contributed by atoms with van der Waals surface area (Å²) in [6.07, 6.45) is -0.610. The van der Waals surface area contributed by atoms with E-state index in [1.165, 1.54) is 10.7 Å². The normalized spacial score (nSPS) is 13.1. The molecule has 0 fully saturated rings. The number of ether oxygens (including phenoxy) is 1. The van der Waals surface area contributed by atoms with E-state index >= 15 is 0 Å². The summed E-state index contributed by atoms with van der Waals surface area (Å²) in [5.41, 5.74) is 1.11. The summed E-state index contributed by atoms with van der Waals surface area (Å²) >= 11 is 6.54. The van der Waals surface area contributed by atoms with E-state index < -0.39 is 20.5 Å². The molecular weight excluding hydrogens is 488 g/mol. The molecular formula is C24H33ClN4O5Si. The molecule has 2 aromatic heterocycles. The summed E-state index contributed by atoms with van der Waals surface area (Å²) in [7, 11) is -2.09. The molecule has 3 aromatic rings. The van der Waals surface area contributed by atoms with E-state index in [1.807, 2.05) is 6.92 Å². The number of carbonyl (C=O) groups is 1. The van der Waals surface area contributed by atoms with E-state index in [9.17, 15) is 15.0 Å². The fraction of sp³-hybridized carbons (Fsp3) is 0.458. The Labute approximate surface area is 211 Å². The minimum Gasteiger partial charge on any atom is -0.494 e. The maximum Gasteiger partial charge on any atom is 0.417 e. The molecule has 1 aromatic carbocycles. The van der Waals surface area contributed by atoms with Crippen molar-refractivity contribution in [3.05, 3.63) is 47.2 Å². The molecule has 0 saturated carbocycles. The summed E-state index contributed by atoms with van der Waals surface area (Å²) < 4.78 is 13.1. The van der Waals surface area contributed by atoms with Crippen LogP contribution in [0.5, 0.6) is 5.75 Å². The first-order valence-electron chi connectivity index (χ1n) is 11.5. The Hall–Kier alpha value is -2.66. The zero-order valence-electron chi connectivity index (χ0n) is 20.9. The highest BCUT2D eigenvalue weighted by Gasteiger charge is 2.37. The van der Waals surface area contributed by atoms with Crippen LogP contribution in [-0.2, 0) is 10.8 Å². The number of hydrogen-bond acceptors (Lipinski definition) is 6. The molecule has 0 aliphatic heterocycles. The van der Waals surface area contributed by atoms with Crippen LogP contribution in [-0.4, -0.2) is 58.5 Å². The van der Waals surface area contributed by atoms with E-state index in [0.717, 1.165) is 4.90 Å². The minimum absolute atomic E-state index is 0.0151. The van der Waals surface area contributed by atoms with Crippen LogP contribution in [0.15, 0.2) is 36.5 Å². The van der Waals surface area contributed by atoms with Gasteiger partial charge in [0.05, 0.1) is 31.2 Å². The lowest BCUT2D eigenvalue weighted by Gasteiger charge is -2.36. The van der Waals surface area contributed by atoms with Gasteiger partial charge in [-0.25, -0.2) is 14.7 Å². The Morgan fingerprint density at radius 3 is 2.46 bits per heavy atom. The molecule has 2 heterocycles. The van der Waals surface area contributed by atoms with Crippen LogP contribution >= 0.6 is 11.6 Å². The molecule has 0 bridgehead atoms. The van der Waals surface area contributed by atoms with Crippen molar-refractivity contribution >= 4 is 43.2 Å². The maximum absolute atomic E-state index is 12.5. The maximum atomic E-state index is 12.5. The molecule has 3 rings (SSSR count). The van der Waals surface area contributed by atoms with Gasteiger partial charge in [0.1, 0.15) is 10.9 Å². The number of hydrogen-bond donors (Lipinski definition) is 2. The molecule has 0 aliphatic carbocycles. The number of nitrogens with zero attached hydrogens (tertiary/aromatic N) is 4. The van der Waals surface area contributed by atoms with Crippen LogP contribution in [0.2, 0.25) is 23.3 Å². The summed E-state index contributed by atoms with van der Waals surface area (Å²) in [5, 5.41) is 25.5. The van der Waals surface area contributed by atoms with Gasteiger partial charge in [0, 0.05) is 18.1 Å². The van der Waals surface area contributed by atoms with Crippen LogP contribution in [0.1, 0.15) is 33.3 Å². The third kappa shape index (κ3) is 5.95. The van der Waals surface area contributed by atoms with Gasteiger partial charge in [0.25, 0.3) is 0 Å². The van der Waals surface area contributed by atoms with Gasteiger partial charge in [-0.1, -0.05) is 32.4 Å². The predicted molar refractivity (Wildman–Crippen MR) is 139 cm³/mol. The smallest absolute Gasteiger partial charge is 0.417 e. The van der Waals surface area contributed by atoms with Crippen molar-refractivity contribution < 1.29 is 24.2 Å². The number of rotatable bonds is 9. The van der Waals surface area contributed by atoms with E-state index in [2.05, 4.69) is 43.9 Å². The second-order valence-electron chi connectivity index (χ2n) is 9.78. The molecule has 2 N–H and O–H groups in total. The molecule has 0 aliphatic rings. The number of anilines is 2.